The molecule has 0 amide bonds. The summed E-state index contributed by atoms with van der Waals surface area (Å²) in [5.41, 5.74) is -0.343. The molecule has 11 heteroatoms. The van der Waals surface area contributed by atoms with E-state index in [0.29, 0.717) is 5.69 Å². The fourth-order valence-electron chi connectivity index (χ4n) is 1.94. The molecule has 2 aromatic heterocycles. The van der Waals surface area contributed by atoms with Gasteiger partial charge in [0.15, 0.2) is 11.5 Å². The predicted molar refractivity (Wildman–Crippen MR) is 79.4 cm³/mol. The quantitative estimate of drug-likeness (QED) is 0.742. The minimum atomic E-state index is -4.43. The Kier molecular flexibility index (Phi) is 4.13. The fraction of sp³-hybridized carbons (Fsp3) is 0.143. The zero-order valence-electron chi connectivity index (χ0n) is 12.6. The standard InChI is InChI=1S/C14H10F3N5O3/c1-24-9-6-18-11(10(20-9)12-21-13(23)25-22-12)19-8-4-2-7(3-5-8)14(15,16)17/h2-6H,1H3,(H,18,19)(H,21,22,23). The largest absolute Gasteiger partial charge is 0.480 e. The van der Waals surface area contributed by atoms with E-state index in [0.717, 1.165) is 12.1 Å². The van der Waals surface area contributed by atoms with Crippen LogP contribution >= 0.6 is 0 Å². The molecule has 0 aliphatic heterocycles. The van der Waals surface area contributed by atoms with Gasteiger partial charge in [-0.05, 0) is 24.3 Å². The molecule has 0 aliphatic carbocycles. The third-order valence-electron chi connectivity index (χ3n) is 3.10. The van der Waals surface area contributed by atoms with Crippen LogP contribution in [0.15, 0.2) is 39.8 Å². The molecule has 0 aliphatic rings. The van der Waals surface area contributed by atoms with Crippen LogP contribution in [0.3, 0.4) is 0 Å². The van der Waals surface area contributed by atoms with Gasteiger partial charge in [0.2, 0.25) is 11.7 Å². The van der Waals surface area contributed by atoms with Gasteiger partial charge >= 0.3 is 11.9 Å². The highest BCUT2D eigenvalue weighted by molar-refractivity contribution is 5.71. The Morgan fingerprint density at radius 2 is 1.96 bits per heavy atom. The maximum absolute atomic E-state index is 12.6. The van der Waals surface area contributed by atoms with Crippen LogP contribution in [0.2, 0.25) is 0 Å². The van der Waals surface area contributed by atoms with Crippen molar-refractivity contribution >= 4 is 11.5 Å². The smallest absolute Gasteiger partial charge is 0.439 e. The van der Waals surface area contributed by atoms with Gasteiger partial charge in [-0.25, -0.2) is 14.8 Å². The number of benzene rings is 1. The van der Waals surface area contributed by atoms with Gasteiger partial charge in [-0.15, -0.1) is 0 Å². The molecular formula is C14H10F3N5O3. The number of H-pyrrole nitrogens is 1. The molecule has 25 heavy (non-hydrogen) atoms. The highest BCUT2D eigenvalue weighted by Gasteiger charge is 2.30. The van der Waals surface area contributed by atoms with E-state index in [1.807, 2.05) is 0 Å². The number of anilines is 2. The Balaban J connectivity index is 1.96. The SMILES string of the molecule is COc1cnc(Nc2ccc(C(F)(F)F)cc2)c(-c2noc(=O)[nH]2)n1. The average Bonchev–Trinajstić information content (AvgIpc) is 3.01. The zero-order chi connectivity index (χ0) is 18.0. The summed E-state index contributed by atoms with van der Waals surface area (Å²) >= 11 is 0. The van der Waals surface area contributed by atoms with E-state index < -0.39 is 17.5 Å². The van der Waals surface area contributed by atoms with Crippen molar-refractivity contribution in [3.8, 4) is 17.4 Å². The first-order valence-electron chi connectivity index (χ1n) is 6.78. The van der Waals surface area contributed by atoms with Gasteiger partial charge in [-0.2, -0.15) is 13.2 Å². The number of methoxy groups -OCH3 is 1. The Morgan fingerprint density at radius 3 is 2.52 bits per heavy atom. The average molecular weight is 353 g/mol. The molecule has 0 saturated heterocycles. The van der Waals surface area contributed by atoms with Gasteiger partial charge in [-0.1, -0.05) is 5.16 Å². The van der Waals surface area contributed by atoms with Crippen molar-refractivity contribution in [2.24, 2.45) is 0 Å². The number of nitrogens with zero attached hydrogens (tertiary/aromatic N) is 3. The summed E-state index contributed by atoms with van der Waals surface area (Å²) in [6.07, 6.45) is -3.13. The number of rotatable bonds is 4. The normalized spacial score (nSPS) is 11.4. The van der Waals surface area contributed by atoms with E-state index in [9.17, 15) is 18.0 Å². The first-order valence-corrected chi connectivity index (χ1v) is 6.78. The maximum atomic E-state index is 12.6. The van der Waals surface area contributed by atoms with Crippen LogP contribution in [0, 0.1) is 0 Å². The molecule has 0 fully saturated rings. The predicted octanol–water partition coefficient (Wildman–Crippen LogP) is 2.59. The third kappa shape index (κ3) is 3.59. The molecular weight excluding hydrogens is 343 g/mol. The van der Waals surface area contributed by atoms with E-state index >= 15 is 0 Å². The van der Waals surface area contributed by atoms with Crippen LogP contribution in [-0.4, -0.2) is 27.2 Å². The van der Waals surface area contributed by atoms with E-state index in [2.05, 4.69) is 29.9 Å². The van der Waals surface area contributed by atoms with Crippen LogP contribution in [-0.2, 0) is 6.18 Å². The van der Waals surface area contributed by atoms with Gasteiger partial charge in [0.1, 0.15) is 0 Å². The highest BCUT2D eigenvalue weighted by atomic mass is 19.4. The Bertz CT molecular complexity index is 934. The summed E-state index contributed by atoms with van der Waals surface area (Å²) in [6.45, 7) is 0. The maximum Gasteiger partial charge on any atom is 0.439 e. The molecule has 0 unspecified atom stereocenters. The summed E-state index contributed by atoms with van der Waals surface area (Å²) in [7, 11) is 1.38. The van der Waals surface area contributed by atoms with Crippen molar-refractivity contribution < 1.29 is 22.4 Å². The minimum Gasteiger partial charge on any atom is -0.480 e. The number of hydrogen-bond acceptors (Lipinski definition) is 7. The Hall–Kier alpha value is -3.37. The molecule has 0 saturated carbocycles. The number of aromatic nitrogens is 4. The summed E-state index contributed by atoms with van der Waals surface area (Å²) in [6, 6.07) is 4.34. The van der Waals surface area contributed by atoms with E-state index in [1.165, 1.54) is 25.4 Å². The second kappa shape index (κ2) is 6.26. The van der Waals surface area contributed by atoms with Crippen LogP contribution in [0.4, 0.5) is 24.7 Å². The van der Waals surface area contributed by atoms with Crippen LogP contribution in [0.5, 0.6) is 5.88 Å². The lowest BCUT2D eigenvalue weighted by molar-refractivity contribution is -0.137. The second-order valence-electron chi connectivity index (χ2n) is 4.75. The molecule has 0 atom stereocenters. The lowest BCUT2D eigenvalue weighted by Gasteiger charge is -2.11. The van der Waals surface area contributed by atoms with E-state index in [4.69, 9.17) is 4.74 Å². The first kappa shape index (κ1) is 16.5. The highest BCUT2D eigenvalue weighted by Crippen LogP contribution is 2.31. The molecule has 3 rings (SSSR count). The Labute approximate surface area is 137 Å². The fourth-order valence-corrected chi connectivity index (χ4v) is 1.94. The topological polar surface area (TPSA) is 106 Å². The molecule has 130 valence electrons. The lowest BCUT2D eigenvalue weighted by atomic mass is 10.2. The van der Waals surface area contributed by atoms with Gasteiger partial charge in [0.25, 0.3) is 0 Å². The van der Waals surface area contributed by atoms with Crippen LogP contribution in [0.25, 0.3) is 11.5 Å². The van der Waals surface area contributed by atoms with Gasteiger partial charge in [-0.3, -0.25) is 9.51 Å². The minimum absolute atomic E-state index is 0.00851. The number of aromatic amines is 1. The summed E-state index contributed by atoms with van der Waals surface area (Å²) in [4.78, 5) is 21.6. The number of ether oxygens (including phenoxy) is 1. The van der Waals surface area contributed by atoms with Crippen LogP contribution in [0.1, 0.15) is 5.56 Å². The monoisotopic (exact) mass is 353 g/mol. The number of alkyl halides is 3. The van der Waals surface area contributed by atoms with Gasteiger partial charge < -0.3 is 10.1 Å². The lowest BCUT2D eigenvalue weighted by Crippen LogP contribution is -2.05. The van der Waals surface area contributed by atoms with Crippen molar-refractivity contribution in [1.82, 2.24) is 20.1 Å². The number of nitrogens with one attached hydrogen (secondary N) is 2. The second-order valence-corrected chi connectivity index (χ2v) is 4.75. The summed E-state index contributed by atoms with van der Waals surface area (Å²) < 4.78 is 47.2. The number of hydrogen-bond donors (Lipinski definition) is 2. The number of halogens is 3. The van der Waals surface area contributed by atoms with Gasteiger partial charge in [0, 0.05) is 5.69 Å². The van der Waals surface area contributed by atoms with E-state index in [-0.39, 0.29) is 23.2 Å². The third-order valence-corrected chi connectivity index (χ3v) is 3.10. The van der Waals surface area contributed by atoms with E-state index in [1.54, 1.807) is 0 Å². The van der Waals surface area contributed by atoms with Gasteiger partial charge in [0.05, 0.1) is 18.9 Å². The summed E-state index contributed by atoms with van der Waals surface area (Å²) in [5.74, 6) is -0.507. The molecule has 0 spiro atoms. The van der Waals surface area contributed by atoms with Crippen LogP contribution < -0.4 is 15.8 Å². The molecule has 1 aromatic carbocycles. The molecule has 2 N–H and O–H groups in total. The molecule has 2 heterocycles. The molecule has 3 aromatic rings. The molecule has 0 bridgehead atoms. The van der Waals surface area contributed by atoms with Crippen molar-refractivity contribution in [2.45, 2.75) is 6.18 Å². The molecule has 0 radical (unpaired) electrons. The zero-order valence-corrected chi connectivity index (χ0v) is 12.6. The first-order chi connectivity index (χ1) is 11.9. The molecule has 8 nitrogen and oxygen atoms in total. The Morgan fingerprint density at radius 1 is 1.24 bits per heavy atom. The van der Waals surface area contributed by atoms with Crippen molar-refractivity contribution in [3.63, 3.8) is 0 Å². The van der Waals surface area contributed by atoms with Crippen molar-refractivity contribution in [2.75, 3.05) is 12.4 Å². The van der Waals surface area contributed by atoms with Crippen molar-refractivity contribution in [3.05, 3.63) is 46.6 Å². The van der Waals surface area contributed by atoms with Crippen molar-refractivity contribution in [1.29, 1.82) is 0 Å². The summed E-state index contributed by atoms with van der Waals surface area (Å²) in [5, 5.41) is 6.33.